The molecule has 3 aromatic carbocycles. The number of nitrogens with one attached hydrogen (secondary N) is 1. The number of rotatable bonds is 3. The molecule has 0 amide bonds. The number of para-hydroxylation sites is 2. The van der Waals surface area contributed by atoms with Crippen LogP contribution < -0.4 is 21.3 Å². The zero-order valence-electron chi connectivity index (χ0n) is 20.9. The highest BCUT2D eigenvalue weighted by atomic mass is 16.5. The van der Waals surface area contributed by atoms with E-state index in [1.54, 1.807) is 32.4 Å². The highest BCUT2D eigenvalue weighted by molar-refractivity contribution is 5.99. The van der Waals surface area contributed by atoms with E-state index in [4.69, 9.17) is 4.74 Å². The van der Waals surface area contributed by atoms with Gasteiger partial charge in [0.05, 0.1) is 46.8 Å². The summed E-state index contributed by atoms with van der Waals surface area (Å²) in [4.78, 5) is 27.0. The lowest BCUT2D eigenvalue weighted by molar-refractivity contribution is 0.401. The Bertz CT molecular complexity index is 1840. The molecule has 1 atom stereocenters. The molecule has 0 bridgehead atoms. The van der Waals surface area contributed by atoms with E-state index in [2.05, 4.69) is 9.88 Å². The first-order chi connectivity index (χ1) is 17.8. The number of aryl methyl sites for hydroxylation is 2. The summed E-state index contributed by atoms with van der Waals surface area (Å²) < 4.78 is 10.4. The van der Waals surface area contributed by atoms with Crippen molar-refractivity contribution in [3.8, 4) is 28.4 Å². The standard InChI is InChI=1S/C29H26N4O4/c1-16-8-7-9-17(14-16)25-23-26(31(2)29(36)32(3)28(23)35)27-24(19-13-12-18(34)15-22(19)37-4)30-20-10-5-6-11-21(20)33(25)27/h5-15,24,30,34H,1-4H3. The fraction of sp³-hybridized carbons (Fsp3) is 0.172. The maximum absolute atomic E-state index is 13.8. The summed E-state index contributed by atoms with van der Waals surface area (Å²) in [6.45, 7) is 2.01. The molecule has 1 aliphatic rings. The minimum absolute atomic E-state index is 0.0822. The Morgan fingerprint density at radius 3 is 2.49 bits per heavy atom. The van der Waals surface area contributed by atoms with E-state index in [-0.39, 0.29) is 11.3 Å². The molecule has 0 saturated carbocycles. The van der Waals surface area contributed by atoms with Crippen molar-refractivity contribution in [2.24, 2.45) is 14.1 Å². The smallest absolute Gasteiger partial charge is 0.331 e. The number of nitrogens with zero attached hydrogens (tertiary/aromatic N) is 3. The number of aromatic nitrogens is 3. The molecule has 2 aromatic heterocycles. The predicted octanol–water partition coefficient (Wildman–Crippen LogP) is 4.23. The van der Waals surface area contributed by atoms with Crippen LogP contribution in [-0.4, -0.2) is 25.9 Å². The van der Waals surface area contributed by atoms with Gasteiger partial charge < -0.3 is 19.7 Å². The van der Waals surface area contributed by atoms with E-state index < -0.39 is 11.7 Å². The number of aromatic hydroxyl groups is 1. The normalized spacial score (nSPS) is 14.2. The molecule has 1 unspecified atom stereocenters. The number of ether oxygens (including phenoxy) is 1. The van der Waals surface area contributed by atoms with Crippen LogP contribution in [0.2, 0.25) is 0 Å². The molecule has 8 nitrogen and oxygen atoms in total. The molecule has 8 heteroatoms. The van der Waals surface area contributed by atoms with Crippen molar-refractivity contribution in [3.05, 3.63) is 104 Å². The summed E-state index contributed by atoms with van der Waals surface area (Å²) in [7, 11) is 4.75. The number of fused-ring (bicyclic) bond motifs is 5. The Hall–Kier alpha value is -4.72. The number of phenols is 1. The van der Waals surface area contributed by atoms with Crippen molar-refractivity contribution < 1.29 is 9.84 Å². The topological polar surface area (TPSA) is 90.4 Å². The monoisotopic (exact) mass is 494 g/mol. The molecule has 3 heterocycles. The third-order valence-corrected chi connectivity index (χ3v) is 7.15. The molecule has 0 saturated heterocycles. The molecule has 2 N–H and O–H groups in total. The van der Waals surface area contributed by atoms with Crippen molar-refractivity contribution in [2.75, 3.05) is 12.4 Å². The molecule has 0 aliphatic carbocycles. The first kappa shape index (κ1) is 22.7. The average Bonchev–Trinajstić information content (AvgIpc) is 3.27. The van der Waals surface area contributed by atoms with Gasteiger partial charge in [0.15, 0.2) is 0 Å². The van der Waals surface area contributed by atoms with Gasteiger partial charge in [0.2, 0.25) is 0 Å². The van der Waals surface area contributed by atoms with Crippen molar-refractivity contribution in [1.82, 2.24) is 13.7 Å². The van der Waals surface area contributed by atoms with E-state index in [0.717, 1.165) is 44.0 Å². The van der Waals surface area contributed by atoms with Gasteiger partial charge in [0.25, 0.3) is 5.56 Å². The molecule has 0 radical (unpaired) electrons. The third kappa shape index (κ3) is 3.22. The van der Waals surface area contributed by atoms with Gasteiger partial charge >= 0.3 is 5.69 Å². The summed E-state index contributed by atoms with van der Waals surface area (Å²) in [5.41, 5.74) is 5.68. The zero-order chi connectivity index (χ0) is 26.0. The zero-order valence-corrected chi connectivity index (χ0v) is 20.9. The number of phenolic OH excluding ortho intramolecular Hbond substituents is 1. The Balaban J connectivity index is 1.86. The minimum Gasteiger partial charge on any atom is -0.508 e. The number of hydrogen-bond acceptors (Lipinski definition) is 5. The molecule has 6 rings (SSSR count). The van der Waals surface area contributed by atoms with E-state index in [9.17, 15) is 14.7 Å². The second-order valence-electron chi connectivity index (χ2n) is 9.39. The van der Waals surface area contributed by atoms with Crippen LogP contribution in [0.1, 0.15) is 22.9 Å². The highest BCUT2D eigenvalue weighted by Gasteiger charge is 2.35. The van der Waals surface area contributed by atoms with E-state index >= 15 is 0 Å². The Labute approximate surface area is 212 Å². The van der Waals surface area contributed by atoms with Crippen LogP contribution in [0.3, 0.4) is 0 Å². The number of benzene rings is 3. The third-order valence-electron chi connectivity index (χ3n) is 7.15. The molecule has 0 spiro atoms. The molecule has 5 aromatic rings. The van der Waals surface area contributed by atoms with Crippen LogP contribution in [0.15, 0.2) is 76.3 Å². The van der Waals surface area contributed by atoms with Crippen molar-refractivity contribution in [2.45, 2.75) is 13.0 Å². The summed E-state index contributed by atoms with van der Waals surface area (Å²) in [6, 6.07) is 20.4. The van der Waals surface area contributed by atoms with Gasteiger partial charge in [-0.2, -0.15) is 0 Å². The van der Waals surface area contributed by atoms with E-state index in [1.807, 2.05) is 55.5 Å². The van der Waals surface area contributed by atoms with Gasteiger partial charge in [0, 0.05) is 25.7 Å². The van der Waals surface area contributed by atoms with Crippen LogP contribution in [0.25, 0.3) is 27.8 Å². The Morgan fingerprint density at radius 1 is 0.946 bits per heavy atom. The van der Waals surface area contributed by atoms with Gasteiger partial charge in [-0.25, -0.2) is 4.79 Å². The van der Waals surface area contributed by atoms with Gasteiger partial charge in [-0.05, 0) is 42.8 Å². The van der Waals surface area contributed by atoms with Crippen LogP contribution in [0.4, 0.5) is 5.69 Å². The molecular formula is C29H26N4O4. The lowest BCUT2D eigenvalue weighted by Gasteiger charge is -2.32. The molecule has 1 aliphatic heterocycles. The van der Waals surface area contributed by atoms with Gasteiger partial charge in [-0.15, -0.1) is 0 Å². The molecule has 37 heavy (non-hydrogen) atoms. The largest absolute Gasteiger partial charge is 0.508 e. The first-order valence-electron chi connectivity index (χ1n) is 12.0. The highest BCUT2D eigenvalue weighted by Crippen LogP contribution is 2.47. The van der Waals surface area contributed by atoms with Gasteiger partial charge in [-0.1, -0.05) is 35.9 Å². The second kappa shape index (κ2) is 8.16. The van der Waals surface area contributed by atoms with Crippen molar-refractivity contribution in [3.63, 3.8) is 0 Å². The van der Waals surface area contributed by atoms with Gasteiger partial charge in [0.1, 0.15) is 11.5 Å². The van der Waals surface area contributed by atoms with Crippen molar-refractivity contribution in [1.29, 1.82) is 0 Å². The van der Waals surface area contributed by atoms with Crippen LogP contribution in [0, 0.1) is 6.92 Å². The number of methoxy groups -OCH3 is 1. The van der Waals surface area contributed by atoms with Gasteiger partial charge in [-0.3, -0.25) is 13.9 Å². The molecule has 186 valence electrons. The summed E-state index contributed by atoms with van der Waals surface area (Å²) in [5.74, 6) is 0.572. The second-order valence-corrected chi connectivity index (χ2v) is 9.39. The summed E-state index contributed by atoms with van der Waals surface area (Å²) in [6.07, 6.45) is 0. The Kier molecular flexibility index (Phi) is 5.01. The summed E-state index contributed by atoms with van der Waals surface area (Å²) in [5, 5.41) is 14.2. The van der Waals surface area contributed by atoms with Crippen LogP contribution >= 0.6 is 0 Å². The lowest BCUT2D eigenvalue weighted by atomic mass is 9.98. The minimum atomic E-state index is -0.482. The fourth-order valence-corrected chi connectivity index (χ4v) is 5.46. The quantitative estimate of drug-likeness (QED) is 0.392. The lowest BCUT2D eigenvalue weighted by Crippen LogP contribution is -2.37. The van der Waals surface area contributed by atoms with Crippen LogP contribution in [-0.2, 0) is 14.1 Å². The van der Waals surface area contributed by atoms with Crippen molar-refractivity contribution >= 4 is 16.6 Å². The summed E-state index contributed by atoms with van der Waals surface area (Å²) >= 11 is 0. The molecule has 0 fully saturated rings. The number of anilines is 1. The number of hydrogen-bond donors (Lipinski definition) is 2. The first-order valence-corrected chi connectivity index (χ1v) is 12.0. The SMILES string of the molecule is COc1cc(O)ccc1C1Nc2ccccc2-n2c(-c3cccc(C)c3)c3c(=O)n(C)c(=O)n(C)c3c21. The average molecular weight is 495 g/mol. The maximum Gasteiger partial charge on any atom is 0.331 e. The van der Waals surface area contributed by atoms with E-state index in [1.165, 1.54) is 11.6 Å². The predicted molar refractivity (Wildman–Crippen MR) is 144 cm³/mol. The maximum atomic E-state index is 13.8. The Morgan fingerprint density at radius 2 is 1.73 bits per heavy atom. The molecular weight excluding hydrogens is 468 g/mol. The fourth-order valence-electron chi connectivity index (χ4n) is 5.46. The van der Waals surface area contributed by atoms with Crippen LogP contribution in [0.5, 0.6) is 11.5 Å². The van der Waals surface area contributed by atoms with E-state index in [0.29, 0.717) is 16.7 Å².